The molecule has 0 saturated heterocycles. The van der Waals surface area contributed by atoms with Gasteiger partial charge in [0.25, 0.3) is 0 Å². The third-order valence-electron chi connectivity index (χ3n) is 1.13. The first-order valence-corrected chi connectivity index (χ1v) is 3.94. The largest absolute Gasteiger partial charge is 0.393 e. The highest BCUT2D eigenvalue weighted by Gasteiger charge is 2.23. The minimum Gasteiger partial charge on any atom is -0.393 e. The Morgan fingerprint density at radius 1 is 1.07 bits per heavy atom. The summed E-state index contributed by atoms with van der Waals surface area (Å²) in [5, 5.41) is 9.01. The van der Waals surface area contributed by atoms with Crippen molar-refractivity contribution in [1.82, 2.24) is 0 Å². The number of esters is 4. The second kappa shape index (κ2) is 5.86. The fourth-order valence-corrected chi connectivity index (χ4v) is 0.653. The van der Waals surface area contributed by atoms with Gasteiger partial charge in [-0.3, -0.25) is 14.4 Å². The molecular weight excluding hydrogens is 208 g/mol. The molecule has 0 heterocycles. The quantitative estimate of drug-likeness (QED) is 0.474. The molecule has 0 spiro atoms. The fraction of sp³-hybridized carbons (Fsp3) is 0.500. The average molecular weight is 218 g/mol. The predicted molar refractivity (Wildman–Crippen MR) is 44.2 cm³/mol. The van der Waals surface area contributed by atoms with Crippen molar-refractivity contribution in [3.05, 3.63) is 0 Å². The van der Waals surface area contributed by atoms with Crippen molar-refractivity contribution < 1.29 is 33.8 Å². The lowest BCUT2D eigenvalue weighted by molar-refractivity contribution is -0.170. The third-order valence-corrected chi connectivity index (χ3v) is 1.13. The lowest BCUT2D eigenvalue weighted by Gasteiger charge is -2.06. The zero-order chi connectivity index (χ0) is 12.0. The summed E-state index contributed by atoms with van der Waals surface area (Å²) in [5.41, 5.74) is 0. The first kappa shape index (κ1) is 13.2. The normalized spacial score (nSPS) is 11.4. The van der Waals surface area contributed by atoms with E-state index in [9.17, 15) is 19.2 Å². The van der Waals surface area contributed by atoms with Gasteiger partial charge in [0.15, 0.2) is 6.10 Å². The van der Waals surface area contributed by atoms with Gasteiger partial charge in [-0.25, -0.2) is 4.79 Å². The van der Waals surface area contributed by atoms with Crippen LogP contribution in [0.2, 0.25) is 0 Å². The lowest BCUT2D eigenvalue weighted by atomic mass is 10.2. The van der Waals surface area contributed by atoms with Crippen molar-refractivity contribution in [2.45, 2.75) is 26.4 Å². The number of hydrogen-bond acceptors (Lipinski definition) is 7. The van der Waals surface area contributed by atoms with Crippen molar-refractivity contribution in [2.75, 3.05) is 0 Å². The number of aliphatic hydroxyl groups excluding tert-OH is 1. The highest BCUT2D eigenvalue weighted by atomic mass is 16.6. The molecule has 0 aliphatic heterocycles. The van der Waals surface area contributed by atoms with Gasteiger partial charge in [-0.1, -0.05) is 0 Å². The van der Waals surface area contributed by atoms with E-state index in [-0.39, 0.29) is 0 Å². The first-order chi connectivity index (χ1) is 6.82. The molecule has 84 valence electrons. The molecule has 15 heavy (non-hydrogen) atoms. The molecule has 0 saturated carbocycles. The minimum absolute atomic E-state index is 0.744. The molecule has 0 rings (SSSR count). The Balaban J connectivity index is 4.07. The van der Waals surface area contributed by atoms with Gasteiger partial charge in [0, 0.05) is 13.8 Å². The average Bonchev–Trinajstić information content (AvgIpc) is 2.00. The van der Waals surface area contributed by atoms with Crippen LogP contribution >= 0.6 is 0 Å². The van der Waals surface area contributed by atoms with Crippen LogP contribution in [0.3, 0.4) is 0 Å². The molecule has 1 atom stereocenters. The second-order valence-electron chi connectivity index (χ2n) is 2.60. The molecule has 1 unspecified atom stereocenters. The fourth-order valence-electron chi connectivity index (χ4n) is 0.653. The van der Waals surface area contributed by atoms with Crippen LogP contribution < -0.4 is 0 Å². The number of aliphatic hydroxyl groups is 1. The smallest absolute Gasteiger partial charge is 0.343 e. The molecule has 0 aromatic carbocycles. The predicted octanol–water partition coefficient (Wildman–Crippen LogP) is -1.08. The molecule has 0 bridgehead atoms. The summed E-state index contributed by atoms with van der Waals surface area (Å²) in [6, 6.07) is 0. The molecule has 0 aliphatic rings. The van der Waals surface area contributed by atoms with E-state index >= 15 is 0 Å². The molecule has 0 radical (unpaired) electrons. The zero-order valence-electron chi connectivity index (χ0n) is 8.18. The van der Waals surface area contributed by atoms with E-state index < -0.39 is 36.4 Å². The second-order valence-corrected chi connectivity index (χ2v) is 2.60. The van der Waals surface area contributed by atoms with Gasteiger partial charge < -0.3 is 14.6 Å². The molecule has 0 fully saturated rings. The number of ether oxygens (including phenoxy) is 2. The summed E-state index contributed by atoms with van der Waals surface area (Å²) in [6.07, 6.45) is -2.56. The van der Waals surface area contributed by atoms with Gasteiger partial charge in [-0.15, -0.1) is 0 Å². The van der Waals surface area contributed by atoms with Crippen LogP contribution in [0, 0.1) is 0 Å². The van der Waals surface area contributed by atoms with E-state index in [0.717, 1.165) is 13.8 Å². The minimum atomic E-state index is -1.82. The topological polar surface area (TPSA) is 107 Å². The monoisotopic (exact) mass is 218 g/mol. The summed E-state index contributed by atoms with van der Waals surface area (Å²) in [5.74, 6) is -4.09. The summed E-state index contributed by atoms with van der Waals surface area (Å²) in [6.45, 7) is 1.97. The Morgan fingerprint density at radius 3 is 1.93 bits per heavy atom. The summed E-state index contributed by atoms with van der Waals surface area (Å²) in [7, 11) is 0. The van der Waals surface area contributed by atoms with E-state index in [2.05, 4.69) is 9.47 Å². The van der Waals surface area contributed by atoms with Gasteiger partial charge in [0.2, 0.25) is 0 Å². The maximum atomic E-state index is 10.8. The summed E-state index contributed by atoms with van der Waals surface area (Å²) < 4.78 is 8.04. The van der Waals surface area contributed by atoms with Crippen molar-refractivity contribution in [3.8, 4) is 0 Å². The number of carbonyl (C=O) groups excluding carboxylic acids is 4. The van der Waals surface area contributed by atoms with Gasteiger partial charge in [0.1, 0.15) is 0 Å². The SMILES string of the molecule is CC(=O)OC(=O)CC(O)C(=O)OC(C)=O. The molecule has 7 heteroatoms. The molecule has 0 amide bonds. The Morgan fingerprint density at radius 2 is 1.53 bits per heavy atom. The van der Waals surface area contributed by atoms with Crippen LogP contribution in [0.25, 0.3) is 0 Å². The first-order valence-electron chi connectivity index (χ1n) is 3.94. The van der Waals surface area contributed by atoms with E-state index in [1.807, 2.05) is 0 Å². The van der Waals surface area contributed by atoms with Gasteiger partial charge >= 0.3 is 23.9 Å². The number of carbonyl (C=O) groups is 4. The standard InChI is InChI=1S/C8H10O7/c1-4(9)14-7(12)3-6(11)8(13)15-5(2)10/h6,11H,3H2,1-2H3. The van der Waals surface area contributed by atoms with Gasteiger partial charge in [0.05, 0.1) is 6.42 Å². The molecule has 7 nitrogen and oxygen atoms in total. The molecule has 0 aliphatic carbocycles. The maximum absolute atomic E-state index is 10.8. The van der Waals surface area contributed by atoms with Gasteiger partial charge in [-0.05, 0) is 0 Å². The highest BCUT2D eigenvalue weighted by Crippen LogP contribution is 1.98. The maximum Gasteiger partial charge on any atom is 0.343 e. The van der Waals surface area contributed by atoms with E-state index in [4.69, 9.17) is 5.11 Å². The summed E-state index contributed by atoms with van der Waals surface area (Å²) >= 11 is 0. The van der Waals surface area contributed by atoms with Crippen LogP contribution in [-0.2, 0) is 28.7 Å². The Hall–Kier alpha value is -1.76. The van der Waals surface area contributed by atoms with Crippen LogP contribution in [0.5, 0.6) is 0 Å². The molecule has 0 aromatic rings. The van der Waals surface area contributed by atoms with Crippen LogP contribution in [0.15, 0.2) is 0 Å². The Kier molecular flexibility index (Phi) is 5.18. The molecule has 0 aromatic heterocycles. The summed E-state index contributed by atoms with van der Waals surface area (Å²) in [4.78, 5) is 42.1. The third kappa shape index (κ3) is 6.33. The lowest BCUT2D eigenvalue weighted by Crippen LogP contribution is -2.28. The molecule has 1 N–H and O–H groups in total. The Labute approximate surface area is 85.0 Å². The van der Waals surface area contributed by atoms with E-state index in [1.54, 1.807) is 0 Å². The van der Waals surface area contributed by atoms with Crippen LogP contribution in [0.4, 0.5) is 0 Å². The van der Waals surface area contributed by atoms with Crippen LogP contribution in [0.1, 0.15) is 20.3 Å². The van der Waals surface area contributed by atoms with Crippen molar-refractivity contribution in [1.29, 1.82) is 0 Å². The number of hydrogen-bond donors (Lipinski definition) is 1. The van der Waals surface area contributed by atoms with Crippen molar-refractivity contribution >= 4 is 23.9 Å². The van der Waals surface area contributed by atoms with Crippen LogP contribution in [-0.4, -0.2) is 35.1 Å². The highest BCUT2D eigenvalue weighted by molar-refractivity contribution is 5.91. The van der Waals surface area contributed by atoms with Gasteiger partial charge in [-0.2, -0.15) is 0 Å². The molecular formula is C8H10O7. The van der Waals surface area contributed by atoms with Crippen molar-refractivity contribution in [2.24, 2.45) is 0 Å². The van der Waals surface area contributed by atoms with E-state index in [0.29, 0.717) is 0 Å². The number of rotatable bonds is 3. The zero-order valence-corrected chi connectivity index (χ0v) is 8.18. The van der Waals surface area contributed by atoms with Crippen molar-refractivity contribution in [3.63, 3.8) is 0 Å². The Bertz CT molecular complexity index is 293. The van der Waals surface area contributed by atoms with E-state index in [1.165, 1.54) is 0 Å².